The van der Waals surface area contributed by atoms with Gasteiger partial charge in [0.15, 0.2) is 6.10 Å². The van der Waals surface area contributed by atoms with Gasteiger partial charge in [-0.15, -0.1) is 0 Å². The second-order valence-electron chi connectivity index (χ2n) is 7.41. The third-order valence-electron chi connectivity index (χ3n) is 4.20. The minimum atomic E-state index is -1.08. The van der Waals surface area contributed by atoms with E-state index >= 15 is 0 Å². The number of hydrogen-bond acceptors (Lipinski definition) is 5. The number of esters is 1. The molecule has 1 N–H and O–H groups in total. The molecule has 7 heteroatoms. The van der Waals surface area contributed by atoms with Crippen LogP contribution in [0.3, 0.4) is 0 Å². The van der Waals surface area contributed by atoms with Gasteiger partial charge in [0.2, 0.25) is 0 Å². The Kier molecular flexibility index (Phi) is 6.36. The fraction of sp³-hybridized carbons (Fsp3) is 0.500. The van der Waals surface area contributed by atoms with Crippen LogP contribution in [0.2, 0.25) is 0 Å². The Morgan fingerprint density at radius 1 is 1.00 bits per heavy atom. The summed E-state index contributed by atoms with van der Waals surface area (Å²) in [6.07, 6.45) is -0.771. The van der Waals surface area contributed by atoms with E-state index in [1.807, 2.05) is 13.8 Å². The zero-order chi connectivity index (χ0) is 20.3. The molecule has 0 aromatic heterocycles. The van der Waals surface area contributed by atoms with Crippen molar-refractivity contribution < 1.29 is 23.9 Å². The molecular formula is C20H26N2O5. The molecule has 2 rings (SSSR count). The van der Waals surface area contributed by atoms with Crippen molar-refractivity contribution in [2.24, 2.45) is 5.92 Å². The zero-order valence-corrected chi connectivity index (χ0v) is 16.3. The molecule has 0 saturated heterocycles. The maximum Gasteiger partial charge on any atom is 0.330 e. The molecule has 0 bridgehead atoms. The molecule has 1 aliphatic heterocycles. The summed E-state index contributed by atoms with van der Waals surface area (Å²) in [5.41, 5.74) is 0.546. The fourth-order valence-corrected chi connectivity index (χ4v) is 2.95. The van der Waals surface area contributed by atoms with Gasteiger partial charge in [0.1, 0.15) is 6.04 Å². The second kappa shape index (κ2) is 8.33. The highest BCUT2D eigenvalue weighted by molar-refractivity contribution is 6.22. The Hall–Kier alpha value is -2.70. The zero-order valence-electron chi connectivity index (χ0n) is 16.3. The van der Waals surface area contributed by atoms with Crippen molar-refractivity contribution >= 4 is 23.7 Å². The Balaban J connectivity index is 2.23. The van der Waals surface area contributed by atoms with E-state index in [1.165, 1.54) is 6.92 Å². The third kappa shape index (κ3) is 4.53. The molecule has 1 heterocycles. The van der Waals surface area contributed by atoms with Gasteiger partial charge in [-0.3, -0.25) is 19.3 Å². The standard InChI is InChI=1S/C20H26N2O5/c1-11(2)10-16(20(26)27-13(5)17(23)21-12(3)4)22-18(24)14-8-6-7-9-15(14)19(22)25/h6-9,11-13,16H,10H2,1-5H3,(H,21,23). The third-order valence-corrected chi connectivity index (χ3v) is 4.20. The Morgan fingerprint density at radius 3 is 1.96 bits per heavy atom. The lowest BCUT2D eigenvalue weighted by Gasteiger charge is -2.27. The topological polar surface area (TPSA) is 92.8 Å². The molecule has 146 valence electrons. The molecule has 0 saturated carbocycles. The van der Waals surface area contributed by atoms with Gasteiger partial charge in [-0.05, 0) is 45.2 Å². The smallest absolute Gasteiger partial charge is 0.330 e. The Bertz CT molecular complexity index is 721. The number of ether oxygens (including phenoxy) is 1. The first-order valence-electron chi connectivity index (χ1n) is 9.11. The predicted octanol–water partition coefficient (Wildman–Crippen LogP) is 2.15. The first-order valence-corrected chi connectivity index (χ1v) is 9.11. The Labute approximate surface area is 159 Å². The van der Waals surface area contributed by atoms with E-state index in [9.17, 15) is 19.2 Å². The molecule has 2 atom stereocenters. The lowest BCUT2D eigenvalue weighted by molar-refractivity contribution is -0.159. The SMILES string of the molecule is CC(C)CC(C(=O)OC(C)C(=O)NC(C)C)N1C(=O)c2ccccc2C1=O. The average Bonchev–Trinajstić information content (AvgIpc) is 2.83. The van der Waals surface area contributed by atoms with Crippen LogP contribution < -0.4 is 5.32 Å². The number of hydrogen-bond donors (Lipinski definition) is 1. The molecule has 0 spiro atoms. The number of rotatable bonds is 7. The predicted molar refractivity (Wildman–Crippen MR) is 99.0 cm³/mol. The minimum absolute atomic E-state index is 0.0339. The quantitative estimate of drug-likeness (QED) is 0.583. The summed E-state index contributed by atoms with van der Waals surface area (Å²) in [6, 6.07) is 5.29. The van der Waals surface area contributed by atoms with Crippen molar-refractivity contribution in [2.75, 3.05) is 0 Å². The van der Waals surface area contributed by atoms with E-state index in [2.05, 4.69) is 5.32 Å². The van der Waals surface area contributed by atoms with E-state index < -0.39 is 35.8 Å². The number of imide groups is 1. The number of fused-ring (bicyclic) bond motifs is 1. The number of benzene rings is 1. The van der Waals surface area contributed by atoms with Crippen molar-refractivity contribution in [3.05, 3.63) is 35.4 Å². The van der Waals surface area contributed by atoms with Crippen LogP contribution in [0.1, 0.15) is 61.8 Å². The number of nitrogens with zero attached hydrogens (tertiary/aromatic N) is 1. The maximum absolute atomic E-state index is 12.8. The first-order chi connectivity index (χ1) is 12.6. The largest absolute Gasteiger partial charge is 0.451 e. The summed E-state index contributed by atoms with van der Waals surface area (Å²) in [5.74, 6) is -2.18. The highest BCUT2D eigenvalue weighted by Crippen LogP contribution is 2.27. The van der Waals surface area contributed by atoms with Gasteiger partial charge in [0, 0.05) is 6.04 Å². The number of amides is 3. The van der Waals surface area contributed by atoms with Gasteiger partial charge in [-0.2, -0.15) is 0 Å². The molecule has 27 heavy (non-hydrogen) atoms. The second-order valence-corrected chi connectivity index (χ2v) is 7.41. The van der Waals surface area contributed by atoms with Gasteiger partial charge in [-0.1, -0.05) is 26.0 Å². The van der Waals surface area contributed by atoms with Crippen LogP contribution in [0.15, 0.2) is 24.3 Å². The summed E-state index contributed by atoms with van der Waals surface area (Å²) in [4.78, 5) is 51.2. The van der Waals surface area contributed by atoms with Crippen molar-refractivity contribution in [1.29, 1.82) is 0 Å². The van der Waals surface area contributed by atoms with Crippen LogP contribution in [-0.2, 0) is 14.3 Å². The summed E-state index contributed by atoms with van der Waals surface area (Å²) in [5, 5.41) is 2.67. The fourth-order valence-electron chi connectivity index (χ4n) is 2.95. The van der Waals surface area contributed by atoms with E-state index in [4.69, 9.17) is 4.74 Å². The molecule has 3 amide bonds. The molecule has 0 radical (unpaired) electrons. The number of nitrogens with one attached hydrogen (secondary N) is 1. The van der Waals surface area contributed by atoms with Crippen LogP contribution in [-0.4, -0.2) is 46.8 Å². The van der Waals surface area contributed by atoms with Crippen LogP contribution >= 0.6 is 0 Å². The van der Waals surface area contributed by atoms with E-state index in [1.54, 1.807) is 38.1 Å². The van der Waals surface area contributed by atoms with Crippen molar-refractivity contribution in [3.63, 3.8) is 0 Å². The van der Waals surface area contributed by atoms with Crippen LogP contribution in [0.25, 0.3) is 0 Å². The lowest BCUT2D eigenvalue weighted by Crippen LogP contribution is -2.48. The van der Waals surface area contributed by atoms with Crippen molar-refractivity contribution in [2.45, 2.75) is 59.2 Å². The lowest BCUT2D eigenvalue weighted by atomic mass is 10.0. The number of carbonyl (C=O) groups excluding carboxylic acids is 4. The molecule has 2 unspecified atom stereocenters. The molecule has 1 aromatic rings. The molecule has 1 aromatic carbocycles. The Morgan fingerprint density at radius 2 is 1.52 bits per heavy atom. The first kappa shape index (κ1) is 20.6. The molecule has 0 fully saturated rings. The van der Waals surface area contributed by atoms with Gasteiger partial charge in [-0.25, -0.2) is 4.79 Å². The number of carbonyl (C=O) groups is 4. The van der Waals surface area contributed by atoms with Gasteiger partial charge in [0.05, 0.1) is 11.1 Å². The summed E-state index contributed by atoms with van der Waals surface area (Å²) >= 11 is 0. The summed E-state index contributed by atoms with van der Waals surface area (Å²) in [7, 11) is 0. The minimum Gasteiger partial charge on any atom is -0.451 e. The molecule has 7 nitrogen and oxygen atoms in total. The molecule has 1 aliphatic rings. The summed E-state index contributed by atoms with van der Waals surface area (Å²) < 4.78 is 5.29. The van der Waals surface area contributed by atoms with E-state index in [0.717, 1.165) is 4.90 Å². The van der Waals surface area contributed by atoms with Gasteiger partial charge in [0.25, 0.3) is 17.7 Å². The van der Waals surface area contributed by atoms with Gasteiger partial charge < -0.3 is 10.1 Å². The summed E-state index contributed by atoms with van der Waals surface area (Å²) in [6.45, 7) is 8.82. The van der Waals surface area contributed by atoms with E-state index in [0.29, 0.717) is 0 Å². The monoisotopic (exact) mass is 374 g/mol. The van der Waals surface area contributed by atoms with Gasteiger partial charge >= 0.3 is 5.97 Å². The highest BCUT2D eigenvalue weighted by Gasteiger charge is 2.44. The van der Waals surface area contributed by atoms with Crippen LogP contribution in [0.4, 0.5) is 0 Å². The van der Waals surface area contributed by atoms with E-state index in [-0.39, 0.29) is 29.5 Å². The normalized spacial score (nSPS) is 15.7. The molecule has 0 aliphatic carbocycles. The van der Waals surface area contributed by atoms with Crippen molar-refractivity contribution in [3.8, 4) is 0 Å². The van der Waals surface area contributed by atoms with Crippen LogP contribution in [0.5, 0.6) is 0 Å². The highest BCUT2D eigenvalue weighted by atomic mass is 16.5. The average molecular weight is 374 g/mol. The molecular weight excluding hydrogens is 348 g/mol. The van der Waals surface area contributed by atoms with Crippen LogP contribution in [0, 0.1) is 5.92 Å². The maximum atomic E-state index is 12.8. The van der Waals surface area contributed by atoms with Crippen molar-refractivity contribution in [1.82, 2.24) is 10.2 Å².